The molecule has 107 heavy (non-hydrogen) atoms. The predicted octanol–water partition coefficient (Wildman–Crippen LogP) is 0.646. The Labute approximate surface area is 662 Å². The SMILES string of the molecule is CCCNC(=O)Nc1cccc(S(=O)(=O)Nc2cccc([C@H](CC(=O)O)CC(=O)Cc3ccc(NC(=O)NCCOCCOCCOCCC(=O)N[C@@H](CC(=O)O)C(=O)N4CCC[C@H]4C(=O)N[C@H](C(=O)O[C@]4(CC)C(=O)OCc5c4cc4n(c5=O)Cc5c-4nc4ccccc4c5CC)C(C)C)cc3)c2)c1.[Na+].[Na+]. The molecule has 5 heterocycles. The van der Waals surface area contributed by atoms with Gasteiger partial charge < -0.3 is 75.3 Å². The number of para-hydroxylation sites is 1. The summed E-state index contributed by atoms with van der Waals surface area (Å²) >= 11 is 0. The van der Waals surface area contributed by atoms with Crippen LogP contribution in [0.1, 0.15) is 125 Å². The van der Waals surface area contributed by atoms with Gasteiger partial charge in [0, 0.05) is 78.4 Å². The fraction of sp³-hybridized carbons (Fsp3) is 0.432. The molecule has 560 valence electrons. The van der Waals surface area contributed by atoms with Gasteiger partial charge in [0.25, 0.3) is 15.6 Å². The van der Waals surface area contributed by atoms with Crippen LogP contribution in [0.25, 0.3) is 22.3 Å². The number of ketones is 1. The number of nitrogens with one attached hydrogen (secondary N) is 7. The molecule has 3 aliphatic rings. The fourth-order valence-electron chi connectivity index (χ4n) is 12.9. The van der Waals surface area contributed by atoms with Crippen molar-refractivity contribution in [3.63, 3.8) is 0 Å². The standard InChI is InChI=1S/C74H88N10O20S.2Na/c1-6-26-75-72(96)78-49-15-12-17-52(39-49)105(98,99)82-50-16-11-14-46(36-50)47(38-63(87)88)37-51(85)35-45-21-23-48(24-22-45)77-73(97)76-27-30-101-32-34-102-33-31-100-29-25-62(86)79-59(41-64(89)90)69(93)83-28-13-20-60(83)67(91)81-65(44(4)5)70(94)104-74(8-3)57-40-61-66-55(42-84(61)68(92)56(57)43-103-71(74)95)53(7-2)54-18-9-10-19-58(54)80-66;;/h9-12,14-19,21-24,36,39-40,44,47,59-60,65,82H,6-8,13,20,25-35,37-38,41-43H2,1-5H3,(H,79,86)(H,81,91)(H,87,88)(H,89,90)(H2,75,78,96)(H2,76,77,97);;/q;2*+1/t47-,59-,60-,65-,74-;;/m0../s1. The molecule has 4 aromatic carbocycles. The van der Waals surface area contributed by atoms with Crippen LogP contribution in [0, 0.1) is 5.92 Å². The van der Waals surface area contributed by atoms with Crippen molar-refractivity contribution in [3.05, 3.63) is 147 Å². The number of cyclic esters (lactones) is 1. The first-order chi connectivity index (χ1) is 50.3. The normalized spacial score (nSPS) is 15.7. The molecule has 6 aromatic rings. The van der Waals surface area contributed by atoms with Crippen molar-refractivity contribution in [1.29, 1.82) is 0 Å². The molecule has 3 aliphatic heterocycles. The molecule has 1 saturated heterocycles. The van der Waals surface area contributed by atoms with Crippen LogP contribution >= 0.6 is 0 Å². The number of amides is 7. The summed E-state index contributed by atoms with van der Waals surface area (Å²) in [6.07, 6.45) is 0.0626. The van der Waals surface area contributed by atoms with Gasteiger partial charge in [-0.05, 0) is 109 Å². The Kier molecular flexibility index (Phi) is 32.0. The second kappa shape index (κ2) is 40.0. The number of anilines is 3. The summed E-state index contributed by atoms with van der Waals surface area (Å²) in [5.74, 6) is -8.42. The van der Waals surface area contributed by atoms with Crippen molar-refractivity contribution in [3.8, 4) is 11.4 Å². The third-order valence-electron chi connectivity index (χ3n) is 18.2. The van der Waals surface area contributed by atoms with Crippen LogP contribution in [0.2, 0.25) is 0 Å². The third kappa shape index (κ3) is 22.3. The van der Waals surface area contributed by atoms with Crippen molar-refractivity contribution in [2.45, 2.75) is 147 Å². The Balaban J connectivity index is 0.00000798. The third-order valence-corrected chi connectivity index (χ3v) is 19.6. The quantitative estimate of drug-likeness (QED) is 0.0147. The molecule has 30 nitrogen and oxygen atoms in total. The van der Waals surface area contributed by atoms with E-state index in [2.05, 4.69) is 36.6 Å². The number of carboxylic acids is 2. The summed E-state index contributed by atoms with van der Waals surface area (Å²) in [6, 6.07) is 22.5. The number of fused-ring (bicyclic) bond motifs is 5. The van der Waals surface area contributed by atoms with Gasteiger partial charge in [0.15, 0.2) is 0 Å². The fourth-order valence-corrected chi connectivity index (χ4v) is 14.0. The van der Waals surface area contributed by atoms with E-state index in [0.29, 0.717) is 54.0 Å². The number of aliphatic carboxylic acids is 2. The first kappa shape index (κ1) is 85.6. The van der Waals surface area contributed by atoms with E-state index in [1.807, 2.05) is 38.1 Å². The maximum atomic E-state index is 14.4. The molecule has 0 spiro atoms. The molecule has 0 bridgehead atoms. The molecule has 1 fully saturated rings. The van der Waals surface area contributed by atoms with Crippen LogP contribution in [-0.4, -0.2) is 170 Å². The van der Waals surface area contributed by atoms with Crippen molar-refractivity contribution in [1.82, 2.24) is 35.7 Å². The number of esters is 2. The van der Waals surface area contributed by atoms with Gasteiger partial charge in [0.2, 0.25) is 23.3 Å². The number of likely N-dealkylation sites (tertiary alicyclic amines) is 1. The van der Waals surface area contributed by atoms with Gasteiger partial charge >= 0.3 is 95.1 Å². The Bertz CT molecular complexity index is 4430. The zero-order valence-corrected chi connectivity index (χ0v) is 65.9. The minimum Gasteiger partial charge on any atom is -0.481 e. The van der Waals surface area contributed by atoms with E-state index in [0.717, 1.165) is 22.0 Å². The van der Waals surface area contributed by atoms with Crippen molar-refractivity contribution >= 4 is 97.4 Å². The van der Waals surface area contributed by atoms with Crippen LogP contribution in [0.15, 0.2) is 113 Å². The molecule has 7 amide bonds. The summed E-state index contributed by atoms with van der Waals surface area (Å²) in [5, 5.41) is 36.3. The van der Waals surface area contributed by atoms with E-state index in [-0.39, 0.29) is 190 Å². The van der Waals surface area contributed by atoms with Gasteiger partial charge in [-0.3, -0.25) is 38.3 Å². The number of urea groups is 2. The number of hydrogen-bond donors (Lipinski definition) is 9. The monoisotopic (exact) mass is 1510 g/mol. The summed E-state index contributed by atoms with van der Waals surface area (Å²) in [4.78, 5) is 152. The Morgan fingerprint density at radius 3 is 2.07 bits per heavy atom. The molecule has 9 N–H and O–H groups in total. The van der Waals surface area contributed by atoms with Gasteiger partial charge in [-0.2, -0.15) is 0 Å². The Morgan fingerprint density at radius 1 is 0.720 bits per heavy atom. The number of Topliss-reactive ketones (excluding diaryl/α,β-unsaturated/α-hetero) is 1. The van der Waals surface area contributed by atoms with Gasteiger partial charge in [-0.15, -0.1) is 0 Å². The van der Waals surface area contributed by atoms with Gasteiger partial charge in [-0.1, -0.05) is 83.1 Å². The molecular formula is C74H88N10Na2O20S+2. The van der Waals surface area contributed by atoms with Crippen molar-refractivity contribution < 1.29 is 149 Å². The minimum absolute atomic E-state index is 0. The number of benzene rings is 4. The second-order valence-corrected chi connectivity index (χ2v) is 27.6. The van der Waals surface area contributed by atoms with Crippen LogP contribution in [-0.2, 0) is 104 Å². The second-order valence-electron chi connectivity index (χ2n) is 25.9. The number of carbonyl (C=O) groups is 10. The number of hydrogen-bond acceptors (Lipinski definition) is 19. The average Bonchev–Trinajstić information content (AvgIpc) is 1.63. The molecule has 0 saturated carbocycles. The number of sulfonamides is 1. The largest absolute Gasteiger partial charge is 1.00 e. The molecule has 0 radical (unpaired) electrons. The zero-order chi connectivity index (χ0) is 75.5. The molecule has 33 heteroatoms. The summed E-state index contributed by atoms with van der Waals surface area (Å²) in [6.45, 7) is 9.89. The first-order valence-corrected chi connectivity index (χ1v) is 36.4. The van der Waals surface area contributed by atoms with E-state index >= 15 is 0 Å². The molecule has 9 rings (SSSR count). The van der Waals surface area contributed by atoms with E-state index < -0.39 is 118 Å². The number of pyridine rings is 2. The average molecular weight is 1520 g/mol. The van der Waals surface area contributed by atoms with E-state index in [4.69, 9.17) is 28.7 Å². The maximum Gasteiger partial charge on any atom is 1.00 e. The van der Waals surface area contributed by atoms with Crippen LogP contribution < -0.4 is 101 Å². The molecule has 0 unspecified atom stereocenters. The molecule has 0 aliphatic carbocycles. The Hall–Kier alpha value is -8.63. The van der Waals surface area contributed by atoms with E-state index in [1.165, 1.54) is 35.2 Å². The number of aryl methyl sites for hydroxylation is 1. The van der Waals surface area contributed by atoms with Gasteiger partial charge in [0.1, 0.15) is 30.5 Å². The van der Waals surface area contributed by atoms with E-state index in [9.17, 15) is 71.4 Å². The minimum atomic E-state index is -4.16. The number of ether oxygens (including phenoxy) is 5. The molecular weight excluding hydrogens is 1430 g/mol. The Morgan fingerprint density at radius 2 is 1.38 bits per heavy atom. The van der Waals surface area contributed by atoms with Gasteiger partial charge in [0.05, 0.1) is 86.4 Å². The van der Waals surface area contributed by atoms with Crippen LogP contribution in [0.4, 0.5) is 26.7 Å². The van der Waals surface area contributed by atoms with E-state index in [1.54, 1.807) is 73.9 Å². The number of nitrogens with zero attached hydrogens (tertiary/aromatic N) is 3. The zero-order valence-electron chi connectivity index (χ0n) is 61.0. The smallest absolute Gasteiger partial charge is 0.481 e. The van der Waals surface area contributed by atoms with Crippen molar-refractivity contribution in [2.24, 2.45) is 5.92 Å². The maximum absolute atomic E-state index is 14.4. The first-order valence-electron chi connectivity index (χ1n) is 34.9. The van der Waals surface area contributed by atoms with Crippen LogP contribution in [0.3, 0.4) is 0 Å². The molecule has 5 atom stereocenters. The predicted molar refractivity (Wildman–Crippen MR) is 383 cm³/mol. The number of carboxylic acid groups (broad SMARTS) is 2. The summed E-state index contributed by atoms with van der Waals surface area (Å²) in [5.41, 5.74) is 3.31. The number of rotatable bonds is 37. The number of carbonyl (C=O) groups excluding carboxylic acids is 8. The topological polar surface area (TPSA) is 414 Å². The van der Waals surface area contributed by atoms with Crippen LogP contribution in [0.5, 0.6) is 0 Å². The van der Waals surface area contributed by atoms with Crippen molar-refractivity contribution in [2.75, 3.05) is 74.6 Å². The van der Waals surface area contributed by atoms with Gasteiger partial charge in [-0.25, -0.2) is 32.6 Å². The summed E-state index contributed by atoms with van der Waals surface area (Å²) < 4.78 is 59.2. The molecule has 2 aromatic heterocycles. The summed E-state index contributed by atoms with van der Waals surface area (Å²) in [7, 11) is -4.16. The number of aromatic nitrogens is 2.